The first-order valence-corrected chi connectivity index (χ1v) is 11.8. The zero-order valence-corrected chi connectivity index (χ0v) is 21.5. The van der Waals surface area contributed by atoms with Crippen molar-refractivity contribution in [3.05, 3.63) is 53.9 Å². The Kier molecular flexibility index (Phi) is 11.0. The second-order valence-corrected chi connectivity index (χ2v) is 8.75. The zero-order valence-electron chi connectivity index (χ0n) is 21.5. The van der Waals surface area contributed by atoms with Gasteiger partial charge in [0, 0.05) is 12.3 Å². The van der Waals surface area contributed by atoms with Crippen LogP contribution >= 0.6 is 0 Å². The van der Waals surface area contributed by atoms with E-state index < -0.39 is 72.0 Å². The van der Waals surface area contributed by atoms with Crippen molar-refractivity contribution in [2.45, 2.75) is 45.4 Å². The molecule has 2 aromatic rings. The molecule has 12 heteroatoms. The van der Waals surface area contributed by atoms with Crippen molar-refractivity contribution < 1.29 is 48.7 Å². The van der Waals surface area contributed by atoms with Crippen LogP contribution < -0.4 is 10.1 Å². The Bertz CT molecular complexity index is 1120. The number of carboxylic acid groups (broad SMARTS) is 1. The number of hydrogen-bond acceptors (Lipinski definition) is 10. The van der Waals surface area contributed by atoms with E-state index in [1.54, 1.807) is 44.2 Å². The summed E-state index contributed by atoms with van der Waals surface area (Å²) in [6.45, 7) is 3.61. The first kappa shape index (κ1) is 30.0. The van der Waals surface area contributed by atoms with E-state index in [4.69, 9.17) is 14.2 Å². The molecule has 0 aliphatic rings. The third-order valence-electron chi connectivity index (χ3n) is 5.60. The average molecular weight is 533 g/mol. The number of carbonyl (C=O) groups is 4. The summed E-state index contributed by atoms with van der Waals surface area (Å²) in [6.07, 6.45) is -1.47. The van der Waals surface area contributed by atoms with Crippen molar-refractivity contribution in [3.8, 4) is 11.5 Å². The number of carbonyl (C=O) groups excluding carboxylic acids is 3. The number of rotatable bonds is 13. The van der Waals surface area contributed by atoms with Crippen LogP contribution in [0.4, 0.5) is 0 Å². The van der Waals surface area contributed by atoms with Crippen LogP contribution in [0, 0.1) is 11.8 Å². The molecule has 0 saturated carbocycles. The minimum atomic E-state index is -1.60. The van der Waals surface area contributed by atoms with E-state index in [0.29, 0.717) is 5.56 Å². The van der Waals surface area contributed by atoms with Crippen LogP contribution in [-0.4, -0.2) is 76.1 Å². The molecule has 0 unspecified atom stereocenters. The maximum absolute atomic E-state index is 12.8. The molecule has 2 rings (SSSR count). The minimum absolute atomic E-state index is 0.0188. The molecule has 1 amide bonds. The topological polar surface area (TPSA) is 182 Å². The predicted molar refractivity (Wildman–Crippen MR) is 132 cm³/mol. The van der Waals surface area contributed by atoms with Gasteiger partial charge in [-0.15, -0.1) is 0 Å². The quantitative estimate of drug-likeness (QED) is 0.273. The highest BCUT2D eigenvalue weighted by Gasteiger charge is 2.39. The van der Waals surface area contributed by atoms with Gasteiger partial charge in [0.1, 0.15) is 12.0 Å². The summed E-state index contributed by atoms with van der Waals surface area (Å²) in [5.74, 6) is -6.55. The van der Waals surface area contributed by atoms with Gasteiger partial charge in [0.05, 0.1) is 19.6 Å². The molecule has 38 heavy (non-hydrogen) atoms. The molecular weight excluding hydrogens is 500 g/mol. The molecule has 1 heterocycles. The van der Waals surface area contributed by atoms with E-state index in [1.807, 2.05) is 0 Å². The summed E-state index contributed by atoms with van der Waals surface area (Å²) in [7, 11) is 1.27. The molecule has 12 nitrogen and oxygen atoms in total. The summed E-state index contributed by atoms with van der Waals surface area (Å²) in [4.78, 5) is 53.8. The van der Waals surface area contributed by atoms with Gasteiger partial charge in [0.25, 0.3) is 5.91 Å². The molecule has 0 aliphatic heterocycles. The largest absolute Gasteiger partial charge is 0.503 e. The van der Waals surface area contributed by atoms with Crippen LogP contribution in [0.5, 0.6) is 11.5 Å². The first-order chi connectivity index (χ1) is 18.0. The number of ether oxygens (including phenoxy) is 3. The summed E-state index contributed by atoms with van der Waals surface area (Å²) in [5.41, 5.74) is 0.205. The molecular formula is C26H32N2O10. The van der Waals surface area contributed by atoms with E-state index in [9.17, 15) is 34.5 Å². The standard InChI is InChI=1S/C26H32N2O10/c1-14(2)25(34)38-22(17(24(32)33)12-16-8-6-5-7-9-16)15(3)37-26(35)18(13-29)28-23(31)20-21(30)19(36-4)10-11-27-20/h5-11,14-15,17-18,22,29-30H,12-13H2,1-4H3,(H,28,31)(H,32,33)/t15-,17+,18-,22-/m0/s1. The summed E-state index contributed by atoms with van der Waals surface area (Å²) >= 11 is 0. The van der Waals surface area contributed by atoms with Gasteiger partial charge in [-0.25, -0.2) is 9.78 Å². The van der Waals surface area contributed by atoms with Crippen molar-refractivity contribution in [2.75, 3.05) is 13.7 Å². The molecule has 1 aromatic heterocycles. The summed E-state index contributed by atoms with van der Waals surface area (Å²) in [5, 5.41) is 32.0. The number of esters is 2. The fraction of sp³-hybridized carbons (Fsp3) is 0.423. The molecule has 0 bridgehead atoms. The number of aromatic nitrogens is 1. The van der Waals surface area contributed by atoms with Gasteiger partial charge in [-0.3, -0.25) is 14.4 Å². The van der Waals surface area contributed by atoms with Crippen LogP contribution in [0.3, 0.4) is 0 Å². The minimum Gasteiger partial charge on any atom is -0.503 e. The monoisotopic (exact) mass is 532 g/mol. The number of benzene rings is 1. The Morgan fingerprint density at radius 1 is 1.00 bits per heavy atom. The number of nitrogens with one attached hydrogen (secondary N) is 1. The fourth-order valence-electron chi connectivity index (χ4n) is 3.49. The lowest BCUT2D eigenvalue weighted by atomic mass is 9.91. The molecule has 4 atom stereocenters. The van der Waals surface area contributed by atoms with Crippen LogP contribution in [-0.2, 0) is 30.3 Å². The maximum atomic E-state index is 12.8. The molecule has 0 fully saturated rings. The summed E-state index contributed by atoms with van der Waals surface area (Å²) < 4.78 is 15.8. The Morgan fingerprint density at radius 3 is 2.21 bits per heavy atom. The second kappa shape index (κ2) is 13.9. The lowest BCUT2D eigenvalue weighted by Crippen LogP contribution is -2.49. The number of nitrogens with zero attached hydrogens (tertiary/aromatic N) is 1. The highest BCUT2D eigenvalue weighted by molar-refractivity contribution is 5.98. The predicted octanol–water partition coefficient (Wildman–Crippen LogP) is 1.33. The number of aliphatic hydroxyl groups is 1. The molecule has 0 saturated heterocycles. The normalized spacial score (nSPS) is 14.1. The van der Waals surface area contributed by atoms with E-state index in [0.717, 1.165) is 0 Å². The Hall–Kier alpha value is -4.19. The van der Waals surface area contributed by atoms with Crippen molar-refractivity contribution in [3.63, 3.8) is 0 Å². The van der Waals surface area contributed by atoms with Crippen LogP contribution in [0.1, 0.15) is 36.8 Å². The second-order valence-electron chi connectivity index (χ2n) is 8.75. The van der Waals surface area contributed by atoms with Gasteiger partial charge in [0.15, 0.2) is 29.3 Å². The number of carboxylic acids is 1. The lowest BCUT2D eigenvalue weighted by Gasteiger charge is -2.30. The van der Waals surface area contributed by atoms with Crippen molar-refractivity contribution >= 4 is 23.8 Å². The van der Waals surface area contributed by atoms with E-state index in [2.05, 4.69) is 10.3 Å². The highest BCUT2D eigenvalue weighted by Crippen LogP contribution is 2.27. The molecule has 0 spiro atoms. The van der Waals surface area contributed by atoms with Crippen molar-refractivity contribution in [2.24, 2.45) is 11.8 Å². The van der Waals surface area contributed by atoms with Crippen molar-refractivity contribution in [1.82, 2.24) is 10.3 Å². The Labute approximate surface area is 219 Å². The van der Waals surface area contributed by atoms with Crippen LogP contribution in [0.15, 0.2) is 42.6 Å². The van der Waals surface area contributed by atoms with Crippen LogP contribution in [0.25, 0.3) is 0 Å². The maximum Gasteiger partial charge on any atom is 0.331 e. The van der Waals surface area contributed by atoms with Gasteiger partial charge in [-0.2, -0.15) is 0 Å². The lowest BCUT2D eigenvalue weighted by molar-refractivity contribution is -0.179. The fourth-order valence-corrected chi connectivity index (χ4v) is 3.49. The number of hydrogen-bond donors (Lipinski definition) is 4. The first-order valence-electron chi connectivity index (χ1n) is 11.8. The number of amides is 1. The molecule has 206 valence electrons. The number of pyridine rings is 1. The highest BCUT2D eigenvalue weighted by atomic mass is 16.6. The SMILES string of the molecule is COc1ccnc(C(=O)N[C@@H](CO)C(=O)O[C@@H](C)[C@H](OC(=O)C(C)C)[C@@H](Cc2ccccc2)C(=O)O)c1O. The van der Waals surface area contributed by atoms with E-state index in [1.165, 1.54) is 26.3 Å². The Morgan fingerprint density at radius 2 is 1.66 bits per heavy atom. The smallest absolute Gasteiger partial charge is 0.331 e. The zero-order chi connectivity index (χ0) is 28.4. The Balaban J connectivity index is 2.24. The third-order valence-corrected chi connectivity index (χ3v) is 5.60. The number of aliphatic hydroxyl groups excluding tert-OH is 1. The summed E-state index contributed by atoms with van der Waals surface area (Å²) in [6, 6.07) is 8.38. The number of aromatic hydroxyl groups is 1. The number of aliphatic carboxylic acids is 1. The van der Waals surface area contributed by atoms with Gasteiger partial charge >= 0.3 is 17.9 Å². The molecule has 0 radical (unpaired) electrons. The molecule has 4 N–H and O–H groups in total. The molecule has 0 aliphatic carbocycles. The number of methoxy groups -OCH3 is 1. The van der Waals surface area contributed by atoms with Gasteiger partial charge < -0.3 is 34.8 Å². The van der Waals surface area contributed by atoms with Crippen LogP contribution in [0.2, 0.25) is 0 Å². The van der Waals surface area contributed by atoms with E-state index >= 15 is 0 Å². The van der Waals surface area contributed by atoms with Gasteiger partial charge in [-0.1, -0.05) is 44.2 Å². The molecule has 1 aromatic carbocycles. The van der Waals surface area contributed by atoms with Gasteiger partial charge in [-0.05, 0) is 18.9 Å². The average Bonchev–Trinajstić information content (AvgIpc) is 2.89. The van der Waals surface area contributed by atoms with Crippen molar-refractivity contribution in [1.29, 1.82) is 0 Å². The van der Waals surface area contributed by atoms with Gasteiger partial charge in [0.2, 0.25) is 0 Å². The van der Waals surface area contributed by atoms with E-state index in [-0.39, 0.29) is 12.2 Å². The third kappa shape index (κ3) is 7.90.